The van der Waals surface area contributed by atoms with Crippen molar-refractivity contribution in [1.29, 1.82) is 0 Å². The average Bonchev–Trinajstić information content (AvgIpc) is 1.86. The van der Waals surface area contributed by atoms with E-state index in [4.69, 9.17) is 0 Å². The molecule has 0 saturated heterocycles. The highest BCUT2D eigenvalue weighted by atomic mass is 127. The summed E-state index contributed by atoms with van der Waals surface area (Å²) in [7, 11) is 0. The molecule has 0 unspecified atom stereocenters. The number of rotatable bonds is 1. The van der Waals surface area contributed by atoms with Crippen LogP contribution in [0.5, 0.6) is 0 Å². The lowest BCUT2D eigenvalue weighted by Crippen LogP contribution is -2.08. The molecule has 0 N–H and O–H groups in total. The number of alkyl halides is 1. The van der Waals surface area contributed by atoms with E-state index >= 15 is 0 Å². The number of hydrogen-bond donors (Lipinski definition) is 0. The summed E-state index contributed by atoms with van der Waals surface area (Å²) in [5.74, 6) is 0. The summed E-state index contributed by atoms with van der Waals surface area (Å²) in [5, 5.41) is 0. The van der Waals surface area contributed by atoms with Crippen LogP contribution in [-0.2, 0) is 3.42 Å². The number of halogens is 2. The lowest BCUT2D eigenvalue weighted by atomic mass is 10.0. The summed E-state index contributed by atoms with van der Waals surface area (Å²) in [6.07, 6.45) is 0. The van der Waals surface area contributed by atoms with Gasteiger partial charge in [0.1, 0.15) is 0 Å². The van der Waals surface area contributed by atoms with Crippen molar-refractivity contribution < 1.29 is 0 Å². The Morgan fingerprint density at radius 2 is 1.73 bits per heavy atom. The lowest BCUT2D eigenvalue weighted by molar-refractivity contribution is 0.821. The van der Waals surface area contributed by atoms with E-state index in [0.29, 0.717) is 0 Å². The predicted octanol–water partition coefficient (Wildman–Crippen LogP) is 3.96. The van der Waals surface area contributed by atoms with Crippen molar-refractivity contribution in [2.24, 2.45) is 0 Å². The predicted molar refractivity (Wildman–Crippen MR) is 66.2 cm³/mol. The molecule has 0 atom stereocenters. The van der Waals surface area contributed by atoms with Crippen LogP contribution in [-0.4, -0.2) is 0 Å². The minimum atomic E-state index is 0.246. The van der Waals surface area contributed by atoms with Crippen LogP contribution in [0.25, 0.3) is 0 Å². The molecule has 0 heterocycles. The molecule has 0 aliphatic rings. The second-order valence-electron chi connectivity index (χ2n) is 2.95. The molecule has 2 heteroatoms. The Bertz CT molecular complexity index is 248. The quantitative estimate of drug-likeness (QED) is 0.517. The minimum Gasteiger partial charge on any atom is -0.0742 e. The van der Waals surface area contributed by atoms with Gasteiger partial charge < -0.3 is 0 Å². The van der Waals surface area contributed by atoms with Crippen LogP contribution in [0.15, 0.2) is 24.3 Å². The second-order valence-corrected chi connectivity index (χ2v) is 6.81. The zero-order chi connectivity index (χ0) is 8.48. The van der Waals surface area contributed by atoms with E-state index < -0.39 is 0 Å². The molecule has 11 heavy (non-hydrogen) atoms. The SMILES string of the molecule is CC(C)(I)c1ccccc1I. The van der Waals surface area contributed by atoms with E-state index in [-0.39, 0.29) is 3.42 Å². The first-order valence-electron chi connectivity index (χ1n) is 3.46. The molecule has 0 aliphatic heterocycles. The molecule has 0 saturated carbocycles. The average molecular weight is 372 g/mol. The van der Waals surface area contributed by atoms with Gasteiger partial charge in [-0.3, -0.25) is 0 Å². The molecule has 1 rings (SSSR count). The third-order valence-electron chi connectivity index (χ3n) is 1.51. The Kier molecular flexibility index (Phi) is 3.19. The normalized spacial score (nSPS) is 11.6. The Balaban J connectivity index is 3.14. The van der Waals surface area contributed by atoms with Gasteiger partial charge in [0, 0.05) is 6.99 Å². The van der Waals surface area contributed by atoms with Gasteiger partial charge in [0.2, 0.25) is 0 Å². The van der Waals surface area contributed by atoms with Crippen LogP contribution in [0, 0.1) is 3.57 Å². The summed E-state index contributed by atoms with van der Waals surface area (Å²) in [6, 6.07) is 8.51. The largest absolute Gasteiger partial charge is 0.0742 e. The molecule has 0 nitrogen and oxygen atoms in total. The van der Waals surface area contributed by atoms with Crippen molar-refractivity contribution in [3.8, 4) is 0 Å². The van der Waals surface area contributed by atoms with Crippen LogP contribution >= 0.6 is 45.2 Å². The Labute approximate surface area is 95.0 Å². The smallest absolute Gasteiger partial charge is 0.0424 e. The van der Waals surface area contributed by atoms with Crippen LogP contribution in [0.2, 0.25) is 0 Å². The highest BCUT2D eigenvalue weighted by molar-refractivity contribution is 14.1. The number of hydrogen-bond acceptors (Lipinski definition) is 0. The summed E-state index contributed by atoms with van der Waals surface area (Å²) < 4.78 is 1.60. The van der Waals surface area contributed by atoms with Gasteiger partial charge in [-0.1, -0.05) is 40.8 Å². The maximum absolute atomic E-state index is 2.46. The molecule has 1 aromatic rings. The monoisotopic (exact) mass is 372 g/mol. The molecule has 0 aromatic heterocycles. The fraction of sp³-hybridized carbons (Fsp3) is 0.333. The van der Waals surface area contributed by atoms with Crippen molar-refractivity contribution in [2.45, 2.75) is 17.3 Å². The van der Waals surface area contributed by atoms with Gasteiger partial charge in [-0.15, -0.1) is 0 Å². The molecule has 0 bridgehead atoms. The molecule has 0 radical (unpaired) electrons. The summed E-state index contributed by atoms with van der Waals surface area (Å²) in [5.41, 5.74) is 1.42. The van der Waals surface area contributed by atoms with Crippen molar-refractivity contribution in [1.82, 2.24) is 0 Å². The maximum Gasteiger partial charge on any atom is 0.0424 e. The lowest BCUT2D eigenvalue weighted by Gasteiger charge is -2.18. The third kappa shape index (κ3) is 2.57. The van der Waals surface area contributed by atoms with E-state index in [1.807, 2.05) is 0 Å². The van der Waals surface area contributed by atoms with Crippen LogP contribution < -0.4 is 0 Å². The molecular weight excluding hydrogens is 362 g/mol. The van der Waals surface area contributed by atoms with Gasteiger partial charge in [0.25, 0.3) is 0 Å². The first-order chi connectivity index (χ1) is 5.02. The van der Waals surface area contributed by atoms with Crippen molar-refractivity contribution in [3.63, 3.8) is 0 Å². The van der Waals surface area contributed by atoms with E-state index in [1.165, 1.54) is 9.13 Å². The molecule has 0 fully saturated rings. The fourth-order valence-corrected chi connectivity index (χ4v) is 2.99. The third-order valence-corrected chi connectivity index (χ3v) is 3.04. The van der Waals surface area contributed by atoms with E-state index in [9.17, 15) is 0 Å². The first-order valence-corrected chi connectivity index (χ1v) is 5.61. The molecule has 0 spiro atoms. The second kappa shape index (κ2) is 3.60. The highest BCUT2D eigenvalue weighted by Gasteiger charge is 2.17. The van der Waals surface area contributed by atoms with Crippen molar-refractivity contribution in [3.05, 3.63) is 33.4 Å². The zero-order valence-electron chi connectivity index (χ0n) is 6.57. The summed E-state index contributed by atoms with van der Waals surface area (Å²) >= 11 is 4.84. The topological polar surface area (TPSA) is 0 Å². The Morgan fingerprint density at radius 3 is 2.09 bits per heavy atom. The van der Waals surface area contributed by atoms with E-state index in [1.54, 1.807) is 0 Å². The van der Waals surface area contributed by atoms with E-state index in [0.717, 1.165) is 0 Å². The van der Waals surface area contributed by atoms with Crippen LogP contribution in [0.4, 0.5) is 0 Å². The molecule has 1 aromatic carbocycles. The van der Waals surface area contributed by atoms with Crippen LogP contribution in [0.1, 0.15) is 19.4 Å². The molecular formula is C9H10I2. The maximum atomic E-state index is 2.46. The fourth-order valence-electron chi connectivity index (χ4n) is 0.943. The molecule has 0 amide bonds. The highest BCUT2D eigenvalue weighted by Crippen LogP contribution is 2.33. The van der Waals surface area contributed by atoms with Crippen molar-refractivity contribution in [2.75, 3.05) is 0 Å². The Morgan fingerprint density at radius 1 is 1.18 bits per heavy atom. The first kappa shape index (κ1) is 9.77. The molecule has 60 valence electrons. The van der Waals surface area contributed by atoms with E-state index in [2.05, 4.69) is 83.3 Å². The van der Waals surface area contributed by atoms with Gasteiger partial charge in [-0.25, -0.2) is 0 Å². The standard InChI is InChI=1S/C9H10I2/c1-9(2,11)7-5-3-4-6-8(7)10/h3-6H,1-2H3. The van der Waals surface area contributed by atoms with Gasteiger partial charge in [0.05, 0.1) is 0 Å². The minimum absolute atomic E-state index is 0.246. The van der Waals surface area contributed by atoms with Gasteiger partial charge in [-0.2, -0.15) is 0 Å². The van der Waals surface area contributed by atoms with Gasteiger partial charge >= 0.3 is 0 Å². The number of benzene rings is 1. The summed E-state index contributed by atoms with van der Waals surface area (Å²) in [6.45, 7) is 4.45. The molecule has 0 aliphatic carbocycles. The Hall–Kier alpha value is 0.680. The summed E-state index contributed by atoms with van der Waals surface area (Å²) in [4.78, 5) is 0. The van der Waals surface area contributed by atoms with Crippen LogP contribution in [0.3, 0.4) is 0 Å². The van der Waals surface area contributed by atoms with Gasteiger partial charge in [0.15, 0.2) is 0 Å². The zero-order valence-corrected chi connectivity index (χ0v) is 10.9. The van der Waals surface area contributed by atoms with Gasteiger partial charge in [-0.05, 0) is 48.1 Å². The van der Waals surface area contributed by atoms with Crippen molar-refractivity contribution >= 4 is 45.2 Å².